The number of ether oxygens (including phenoxy) is 3. The maximum atomic E-state index is 11.9. The highest BCUT2D eigenvalue weighted by Gasteiger charge is 2.61. The van der Waals surface area contributed by atoms with Crippen molar-refractivity contribution in [3.05, 3.63) is 22.2 Å². The van der Waals surface area contributed by atoms with Crippen LogP contribution in [0.25, 0.3) is 0 Å². The van der Waals surface area contributed by atoms with Crippen molar-refractivity contribution in [3.8, 4) is 11.5 Å². The largest absolute Gasteiger partial charge is 0.478 e. The number of carboxylic acid groups (broad SMARTS) is 1. The van der Waals surface area contributed by atoms with Gasteiger partial charge in [0.15, 0.2) is 11.5 Å². The minimum Gasteiger partial charge on any atom is -0.478 e. The van der Waals surface area contributed by atoms with Crippen LogP contribution in [-0.2, 0) is 4.74 Å². The number of fused-ring (bicyclic) bond motifs is 1. The average Bonchev–Trinajstić information content (AvgIpc) is 2.89. The molecule has 4 rings (SSSR count). The van der Waals surface area contributed by atoms with Gasteiger partial charge in [-0.25, -0.2) is 9.59 Å². The van der Waals surface area contributed by atoms with Gasteiger partial charge in [-0.15, -0.1) is 0 Å². The van der Waals surface area contributed by atoms with Crippen LogP contribution in [0, 0.1) is 18.3 Å². The third-order valence-corrected chi connectivity index (χ3v) is 6.74. The third kappa shape index (κ3) is 3.57. The fraction of sp³-hybridized carbons (Fsp3) is 0.636. The van der Waals surface area contributed by atoms with E-state index in [-0.39, 0.29) is 34.1 Å². The minimum atomic E-state index is -1.05. The lowest BCUT2D eigenvalue weighted by atomic mass is 9.48. The molecule has 2 saturated carbocycles. The monoisotopic (exact) mass is 437 g/mol. The Morgan fingerprint density at radius 3 is 2.37 bits per heavy atom. The molecule has 30 heavy (non-hydrogen) atoms. The summed E-state index contributed by atoms with van der Waals surface area (Å²) in [4.78, 5) is 23.4. The predicted molar refractivity (Wildman–Crippen MR) is 110 cm³/mol. The Kier molecular flexibility index (Phi) is 4.69. The summed E-state index contributed by atoms with van der Waals surface area (Å²) < 4.78 is 17.6. The van der Waals surface area contributed by atoms with E-state index in [0.29, 0.717) is 17.1 Å². The molecule has 164 valence electrons. The Hall–Kier alpha value is -2.15. The number of benzene rings is 1. The quantitative estimate of drug-likeness (QED) is 0.697. The Balaban J connectivity index is 1.36. The van der Waals surface area contributed by atoms with Crippen LogP contribution in [0.4, 0.5) is 4.79 Å². The van der Waals surface area contributed by atoms with Crippen LogP contribution >= 0.6 is 11.6 Å². The van der Waals surface area contributed by atoms with E-state index < -0.39 is 17.4 Å². The summed E-state index contributed by atoms with van der Waals surface area (Å²) in [7, 11) is 0. The van der Waals surface area contributed by atoms with Gasteiger partial charge in [-0.1, -0.05) is 11.6 Å². The zero-order valence-corrected chi connectivity index (χ0v) is 18.7. The maximum Gasteiger partial charge on any atom is 0.407 e. The van der Waals surface area contributed by atoms with Crippen LogP contribution in [0.2, 0.25) is 5.02 Å². The smallest absolute Gasteiger partial charge is 0.407 e. The topological polar surface area (TPSA) is 94.1 Å². The molecule has 3 aliphatic rings. The predicted octanol–water partition coefficient (Wildman–Crippen LogP) is 4.92. The van der Waals surface area contributed by atoms with Gasteiger partial charge in [0, 0.05) is 24.4 Å². The number of halogens is 1. The van der Waals surface area contributed by atoms with Gasteiger partial charge in [0.1, 0.15) is 5.60 Å². The van der Waals surface area contributed by atoms with E-state index in [0.717, 1.165) is 25.7 Å². The summed E-state index contributed by atoms with van der Waals surface area (Å²) >= 11 is 6.27. The molecule has 8 heteroatoms. The summed E-state index contributed by atoms with van der Waals surface area (Å²) in [6, 6.07) is 1.54. The van der Waals surface area contributed by atoms with Crippen molar-refractivity contribution in [3.63, 3.8) is 0 Å². The first-order valence-electron chi connectivity index (χ1n) is 10.2. The molecule has 2 aliphatic carbocycles. The summed E-state index contributed by atoms with van der Waals surface area (Å²) in [5.41, 5.74) is 0.324. The lowest BCUT2D eigenvalue weighted by molar-refractivity contribution is -0.191. The van der Waals surface area contributed by atoms with Gasteiger partial charge in [-0.3, -0.25) is 0 Å². The third-order valence-electron chi connectivity index (χ3n) is 6.46. The van der Waals surface area contributed by atoms with E-state index in [1.54, 1.807) is 6.92 Å². The molecule has 1 aromatic carbocycles. The second kappa shape index (κ2) is 6.67. The lowest BCUT2D eigenvalue weighted by Crippen LogP contribution is -2.61. The highest BCUT2D eigenvalue weighted by atomic mass is 35.5. The molecule has 0 aromatic heterocycles. The molecule has 0 bridgehead atoms. The normalized spacial score (nSPS) is 31.7. The average molecular weight is 438 g/mol. The molecular weight excluding hydrogens is 410 g/mol. The number of carbonyl (C=O) groups is 2. The fourth-order valence-corrected chi connectivity index (χ4v) is 5.22. The van der Waals surface area contributed by atoms with Gasteiger partial charge in [0.25, 0.3) is 5.79 Å². The number of aromatic carboxylic acids is 1. The first-order chi connectivity index (χ1) is 13.8. The zero-order chi connectivity index (χ0) is 22.1. The highest BCUT2D eigenvalue weighted by Crippen LogP contribution is 2.63. The summed E-state index contributed by atoms with van der Waals surface area (Å²) in [6.07, 6.45) is 3.30. The first kappa shape index (κ1) is 21.1. The summed E-state index contributed by atoms with van der Waals surface area (Å²) in [5, 5.41) is 12.6. The molecule has 0 saturated heterocycles. The Morgan fingerprint density at radius 2 is 1.80 bits per heavy atom. The highest BCUT2D eigenvalue weighted by molar-refractivity contribution is 6.32. The number of hydrogen-bond donors (Lipinski definition) is 2. The van der Waals surface area contributed by atoms with Gasteiger partial charge >= 0.3 is 12.1 Å². The molecule has 1 spiro atoms. The van der Waals surface area contributed by atoms with Gasteiger partial charge < -0.3 is 24.6 Å². The molecule has 0 radical (unpaired) electrons. The van der Waals surface area contributed by atoms with Crippen molar-refractivity contribution in [1.29, 1.82) is 0 Å². The number of hydrogen-bond acceptors (Lipinski definition) is 5. The molecule has 1 aliphatic heterocycles. The van der Waals surface area contributed by atoms with Crippen molar-refractivity contribution >= 4 is 23.7 Å². The van der Waals surface area contributed by atoms with Crippen LogP contribution < -0.4 is 14.8 Å². The van der Waals surface area contributed by atoms with Crippen LogP contribution in [0.1, 0.15) is 69.3 Å². The second-order valence-electron chi connectivity index (χ2n) is 10.1. The fourth-order valence-electron chi connectivity index (χ4n) is 4.99. The van der Waals surface area contributed by atoms with Gasteiger partial charge in [0.05, 0.1) is 10.6 Å². The van der Waals surface area contributed by atoms with Crippen molar-refractivity contribution in [2.24, 2.45) is 11.3 Å². The number of carboxylic acids is 1. The molecule has 1 unspecified atom stereocenters. The lowest BCUT2D eigenvalue weighted by Gasteiger charge is -2.59. The van der Waals surface area contributed by atoms with E-state index >= 15 is 0 Å². The summed E-state index contributed by atoms with van der Waals surface area (Å²) in [6.45, 7) is 9.13. The van der Waals surface area contributed by atoms with E-state index in [1.807, 2.05) is 27.7 Å². The van der Waals surface area contributed by atoms with E-state index in [1.165, 1.54) is 6.07 Å². The van der Waals surface area contributed by atoms with Crippen molar-refractivity contribution in [2.75, 3.05) is 0 Å². The zero-order valence-electron chi connectivity index (χ0n) is 17.9. The van der Waals surface area contributed by atoms with E-state index in [4.69, 9.17) is 25.8 Å². The molecule has 1 heterocycles. The Morgan fingerprint density at radius 1 is 1.20 bits per heavy atom. The second-order valence-corrected chi connectivity index (χ2v) is 10.5. The van der Waals surface area contributed by atoms with Gasteiger partial charge in [0.2, 0.25) is 0 Å². The van der Waals surface area contributed by atoms with E-state index in [9.17, 15) is 14.7 Å². The molecule has 1 atom stereocenters. The minimum absolute atomic E-state index is 0.117. The van der Waals surface area contributed by atoms with Crippen LogP contribution in [0.15, 0.2) is 6.07 Å². The standard InChI is InChI=1S/C22H28ClNO6/c1-11-14(18(25)26)6-15(23)17-16(11)28-21(5,29-17)12-7-22(8-12)9-13(10-22)24-19(27)30-20(2,3)4/h6,12-13H,7-10H2,1-5H3,(H,24,27)(H,25,26). The molecule has 2 N–H and O–H groups in total. The number of amides is 1. The van der Waals surface area contributed by atoms with Gasteiger partial charge in [-0.05, 0) is 64.9 Å². The Labute approximate surface area is 181 Å². The van der Waals surface area contributed by atoms with Crippen molar-refractivity contribution in [2.45, 2.75) is 77.7 Å². The van der Waals surface area contributed by atoms with Crippen molar-refractivity contribution < 1.29 is 28.9 Å². The Bertz CT molecular complexity index is 909. The summed E-state index contributed by atoms with van der Waals surface area (Å²) in [5.74, 6) is -0.920. The maximum absolute atomic E-state index is 11.9. The van der Waals surface area contributed by atoms with Gasteiger partial charge in [-0.2, -0.15) is 0 Å². The molecule has 2 fully saturated rings. The molecular formula is C22H28ClNO6. The van der Waals surface area contributed by atoms with Crippen LogP contribution in [0.5, 0.6) is 11.5 Å². The van der Waals surface area contributed by atoms with Crippen LogP contribution in [0.3, 0.4) is 0 Å². The molecule has 7 nitrogen and oxygen atoms in total. The van der Waals surface area contributed by atoms with Crippen molar-refractivity contribution in [1.82, 2.24) is 5.32 Å². The number of carbonyl (C=O) groups excluding carboxylic acids is 1. The number of rotatable bonds is 3. The van der Waals surface area contributed by atoms with Crippen LogP contribution in [-0.4, -0.2) is 34.6 Å². The first-order valence-corrected chi connectivity index (χ1v) is 10.6. The number of nitrogens with one attached hydrogen (secondary N) is 1. The molecule has 1 amide bonds. The number of alkyl carbamates (subject to hydrolysis) is 1. The SMILES string of the molecule is Cc1c(C(=O)O)cc(Cl)c2c1OC(C)(C1CC3(CC(NC(=O)OC(C)(C)C)C3)C1)O2. The van der Waals surface area contributed by atoms with E-state index in [2.05, 4.69) is 5.32 Å². The molecule has 1 aromatic rings.